The van der Waals surface area contributed by atoms with Gasteiger partial charge in [-0.1, -0.05) is 0 Å². The van der Waals surface area contributed by atoms with Crippen LogP contribution in [0.25, 0.3) is 0 Å². The number of rotatable bonds is 3. The van der Waals surface area contributed by atoms with Crippen molar-refractivity contribution in [3.05, 3.63) is 41.2 Å². The number of thiophene rings is 1. The summed E-state index contributed by atoms with van der Waals surface area (Å²) in [5.74, 6) is 0.934. The number of anilines is 1. The fourth-order valence-electron chi connectivity index (χ4n) is 3.41. The van der Waals surface area contributed by atoms with Crippen LogP contribution in [0.5, 0.6) is 0 Å². The first-order valence-electron chi connectivity index (χ1n) is 8.47. The Morgan fingerprint density at radius 1 is 1.28 bits per heavy atom. The molecule has 2 fully saturated rings. The van der Waals surface area contributed by atoms with Gasteiger partial charge in [0.15, 0.2) is 0 Å². The summed E-state index contributed by atoms with van der Waals surface area (Å²) in [7, 11) is 0. The molecule has 2 aliphatic heterocycles. The maximum atomic E-state index is 12.4. The van der Waals surface area contributed by atoms with Gasteiger partial charge < -0.3 is 13.9 Å². The zero-order chi connectivity index (χ0) is 17.3. The summed E-state index contributed by atoms with van der Waals surface area (Å²) in [6, 6.07) is 7.93. The standard InChI is InChI=1S/C18H22N2O4S/c1-14-4-5-17(25-14)20-12-18(24-10-16(20)21)11-19(6-8-22-13-18)9-15-3-2-7-23-15/h2-5,7H,6,8-13H2,1H3/t18-/m1/s1. The van der Waals surface area contributed by atoms with Crippen molar-refractivity contribution < 1.29 is 18.7 Å². The molecule has 0 bridgehead atoms. The molecule has 0 unspecified atom stereocenters. The predicted molar refractivity (Wildman–Crippen MR) is 94.9 cm³/mol. The Bertz CT molecular complexity index is 729. The SMILES string of the molecule is Cc1ccc(N2C[C@]3(COCCN(Cc4ccco4)C3)OCC2=O)s1. The van der Waals surface area contributed by atoms with Crippen LogP contribution < -0.4 is 4.90 Å². The molecule has 7 heteroatoms. The van der Waals surface area contributed by atoms with E-state index in [0.717, 1.165) is 17.3 Å². The number of hydrogen-bond donors (Lipinski definition) is 0. The summed E-state index contributed by atoms with van der Waals surface area (Å²) < 4.78 is 17.3. The lowest BCUT2D eigenvalue weighted by atomic mass is 10.0. The van der Waals surface area contributed by atoms with Gasteiger partial charge in [0.1, 0.15) is 18.0 Å². The minimum absolute atomic E-state index is 0.00862. The van der Waals surface area contributed by atoms with E-state index in [-0.39, 0.29) is 12.5 Å². The summed E-state index contributed by atoms with van der Waals surface area (Å²) in [6.07, 6.45) is 1.69. The first kappa shape index (κ1) is 16.8. The third-order valence-corrected chi connectivity index (χ3v) is 5.65. The Hall–Kier alpha value is -1.67. The van der Waals surface area contributed by atoms with Gasteiger partial charge in [-0.05, 0) is 31.2 Å². The second kappa shape index (κ2) is 6.92. The first-order valence-corrected chi connectivity index (χ1v) is 9.28. The average molecular weight is 362 g/mol. The molecule has 1 atom stereocenters. The minimum atomic E-state index is -0.505. The molecular weight excluding hydrogens is 340 g/mol. The smallest absolute Gasteiger partial charge is 0.253 e. The Balaban J connectivity index is 1.53. The topological polar surface area (TPSA) is 55.1 Å². The lowest BCUT2D eigenvalue weighted by Gasteiger charge is -2.42. The number of ether oxygens (including phenoxy) is 2. The number of nitrogens with zero attached hydrogens (tertiary/aromatic N) is 2. The van der Waals surface area contributed by atoms with Crippen molar-refractivity contribution in [3.8, 4) is 0 Å². The number of hydrogen-bond acceptors (Lipinski definition) is 6. The Labute approximate surface area is 150 Å². The monoisotopic (exact) mass is 362 g/mol. The van der Waals surface area contributed by atoms with Gasteiger partial charge in [0.2, 0.25) is 0 Å². The molecule has 1 spiro atoms. The molecule has 0 aliphatic carbocycles. The number of carbonyl (C=O) groups excluding carboxylic acids is 1. The van der Waals surface area contributed by atoms with Crippen LogP contribution in [0.2, 0.25) is 0 Å². The highest BCUT2D eigenvalue weighted by Crippen LogP contribution is 2.31. The molecular formula is C18H22N2O4S. The van der Waals surface area contributed by atoms with Crippen molar-refractivity contribution in [1.29, 1.82) is 0 Å². The van der Waals surface area contributed by atoms with E-state index in [0.29, 0.717) is 32.8 Å². The zero-order valence-electron chi connectivity index (χ0n) is 14.3. The van der Waals surface area contributed by atoms with Crippen LogP contribution in [0.1, 0.15) is 10.6 Å². The van der Waals surface area contributed by atoms with Crippen LogP contribution in [0.15, 0.2) is 34.9 Å². The summed E-state index contributed by atoms with van der Waals surface area (Å²) in [4.78, 5) is 17.7. The lowest BCUT2D eigenvalue weighted by Crippen LogP contribution is -2.60. The number of aryl methyl sites for hydroxylation is 1. The van der Waals surface area contributed by atoms with E-state index >= 15 is 0 Å². The number of morpholine rings is 1. The molecule has 0 N–H and O–H groups in total. The van der Waals surface area contributed by atoms with Gasteiger partial charge in [0.05, 0.1) is 37.6 Å². The molecule has 2 saturated heterocycles. The maximum absolute atomic E-state index is 12.4. The van der Waals surface area contributed by atoms with Gasteiger partial charge in [-0.25, -0.2) is 0 Å². The molecule has 0 aromatic carbocycles. The van der Waals surface area contributed by atoms with Crippen molar-refractivity contribution in [2.45, 2.75) is 19.1 Å². The van der Waals surface area contributed by atoms with Crippen molar-refractivity contribution in [2.75, 3.05) is 44.4 Å². The maximum Gasteiger partial charge on any atom is 0.253 e. The fraction of sp³-hybridized carbons (Fsp3) is 0.500. The van der Waals surface area contributed by atoms with E-state index in [4.69, 9.17) is 13.9 Å². The van der Waals surface area contributed by atoms with E-state index in [9.17, 15) is 4.79 Å². The highest BCUT2D eigenvalue weighted by molar-refractivity contribution is 7.16. The Morgan fingerprint density at radius 3 is 2.96 bits per heavy atom. The molecule has 25 heavy (non-hydrogen) atoms. The zero-order valence-corrected chi connectivity index (χ0v) is 15.1. The van der Waals surface area contributed by atoms with Crippen LogP contribution in [-0.2, 0) is 20.8 Å². The van der Waals surface area contributed by atoms with Crippen molar-refractivity contribution in [3.63, 3.8) is 0 Å². The molecule has 4 heterocycles. The fourth-order valence-corrected chi connectivity index (χ4v) is 4.29. The van der Waals surface area contributed by atoms with Crippen LogP contribution in [-0.4, -0.2) is 55.9 Å². The van der Waals surface area contributed by atoms with Crippen LogP contribution in [0, 0.1) is 6.92 Å². The van der Waals surface area contributed by atoms with Crippen molar-refractivity contribution in [2.24, 2.45) is 0 Å². The summed E-state index contributed by atoms with van der Waals surface area (Å²) in [5, 5.41) is 0.979. The molecule has 134 valence electrons. The second-order valence-electron chi connectivity index (χ2n) is 6.68. The normalized spacial score (nSPS) is 25.5. The van der Waals surface area contributed by atoms with Gasteiger partial charge in [-0.3, -0.25) is 14.6 Å². The molecule has 0 saturated carbocycles. The molecule has 4 rings (SSSR count). The largest absolute Gasteiger partial charge is 0.468 e. The third kappa shape index (κ3) is 3.64. The quantitative estimate of drug-likeness (QED) is 0.839. The van der Waals surface area contributed by atoms with E-state index < -0.39 is 5.60 Å². The van der Waals surface area contributed by atoms with E-state index in [2.05, 4.69) is 11.8 Å². The van der Waals surface area contributed by atoms with Crippen LogP contribution >= 0.6 is 11.3 Å². The van der Waals surface area contributed by atoms with Crippen LogP contribution in [0.4, 0.5) is 5.00 Å². The summed E-state index contributed by atoms with van der Waals surface area (Å²) >= 11 is 1.64. The van der Waals surface area contributed by atoms with Crippen molar-refractivity contribution >= 4 is 22.2 Å². The Kier molecular flexibility index (Phi) is 4.64. The Morgan fingerprint density at radius 2 is 2.20 bits per heavy atom. The molecule has 2 aromatic rings. The van der Waals surface area contributed by atoms with Gasteiger partial charge in [-0.2, -0.15) is 0 Å². The van der Waals surface area contributed by atoms with Gasteiger partial charge in [-0.15, -0.1) is 11.3 Å². The van der Waals surface area contributed by atoms with Crippen LogP contribution in [0.3, 0.4) is 0 Å². The highest BCUT2D eigenvalue weighted by Gasteiger charge is 2.43. The molecule has 0 radical (unpaired) electrons. The minimum Gasteiger partial charge on any atom is -0.468 e. The van der Waals surface area contributed by atoms with E-state index in [1.165, 1.54) is 4.88 Å². The second-order valence-corrected chi connectivity index (χ2v) is 7.94. The number of carbonyl (C=O) groups is 1. The number of amides is 1. The number of furan rings is 1. The first-order chi connectivity index (χ1) is 12.1. The van der Waals surface area contributed by atoms with Crippen molar-refractivity contribution in [1.82, 2.24) is 4.90 Å². The predicted octanol–water partition coefficient (Wildman–Crippen LogP) is 2.28. The molecule has 6 nitrogen and oxygen atoms in total. The third-order valence-electron chi connectivity index (χ3n) is 4.63. The molecule has 1 amide bonds. The summed E-state index contributed by atoms with van der Waals surface area (Å²) in [5.41, 5.74) is -0.505. The van der Waals surface area contributed by atoms with Gasteiger partial charge >= 0.3 is 0 Å². The van der Waals surface area contributed by atoms with E-state index in [1.54, 1.807) is 17.6 Å². The average Bonchev–Trinajstić information content (AvgIpc) is 3.21. The molecule has 2 aromatic heterocycles. The van der Waals surface area contributed by atoms with E-state index in [1.807, 2.05) is 29.2 Å². The summed E-state index contributed by atoms with van der Waals surface area (Å²) in [6.45, 7) is 6.05. The highest BCUT2D eigenvalue weighted by atomic mass is 32.1. The van der Waals surface area contributed by atoms with Gasteiger partial charge in [0, 0.05) is 18.0 Å². The van der Waals surface area contributed by atoms with Gasteiger partial charge in [0.25, 0.3) is 5.91 Å². The molecule has 2 aliphatic rings. The lowest BCUT2D eigenvalue weighted by molar-refractivity contribution is -0.146.